The molecule has 8 aromatic rings. The van der Waals surface area contributed by atoms with Gasteiger partial charge in [0.05, 0.1) is 16.4 Å². The van der Waals surface area contributed by atoms with Crippen LogP contribution in [-0.2, 0) is 6.42 Å². The van der Waals surface area contributed by atoms with Crippen molar-refractivity contribution in [2.24, 2.45) is 0 Å². The molecular formula is C34H24N2O2. The number of imidazole rings is 1. The summed E-state index contributed by atoms with van der Waals surface area (Å²) in [7, 11) is 0. The average Bonchev–Trinajstić information content (AvgIpc) is 3.64. The largest absolute Gasteiger partial charge is 0.455 e. The van der Waals surface area contributed by atoms with Gasteiger partial charge in [0.15, 0.2) is 0 Å². The maximum atomic E-state index is 6.48. The Balaban J connectivity index is 1.38. The van der Waals surface area contributed by atoms with Gasteiger partial charge in [0.2, 0.25) is 0 Å². The fourth-order valence-electron chi connectivity index (χ4n) is 5.82. The number of hydrogen-bond donors (Lipinski definition) is 0. The number of benzene rings is 5. The van der Waals surface area contributed by atoms with Gasteiger partial charge in [-0.25, -0.2) is 4.98 Å². The zero-order valence-electron chi connectivity index (χ0n) is 20.9. The number of furan rings is 2. The summed E-state index contributed by atoms with van der Waals surface area (Å²) in [6.07, 6.45) is 1.98. The predicted octanol–water partition coefficient (Wildman–Crippen LogP) is 9.44. The first-order valence-corrected chi connectivity index (χ1v) is 13.1. The van der Waals surface area contributed by atoms with Crippen LogP contribution in [0.2, 0.25) is 0 Å². The van der Waals surface area contributed by atoms with Crippen molar-refractivity contribution in [1.82, 2.24) is 9.55 Å². The lowest BCUT2D eigenvalue weighted by molar-refractivity contribution is 0.663. The molecule has 38 heavy (non-hydrogen) atoms. The van der Waals surface area contributed by atoms with Crippen molar-refractivity contribution in [2.45, 2.75) is 19.8 Å². The molecule has 0 radical (unpaired) electrons. The van der Waals surface area contributed by atoms with Crippen molar-refractivity contribution in [3.05, 3.63) is 109 Å². The third-order valence-electron chi connectivity index (χ3n) is 7.53. The van der Waals surface area contributed by atoms with Crippen molar-refractivity contribution in [3.8, 4) is 16.8 Å². The van der Waals surface area contributed by atoms with Crippen molar-refractivity contribution in [2.75, 3.05) is 0 Å². The molecule has 0 atom stereocenters. The fraction of sp³-hybridized carbons (Fsp3) is 0.0882. The van der Waals surface area contributed by atoms with Gasteiger partial charge in [-0.05, 0) is 54.4 Å². The monoisotopic (exact) mass is 492 g/mol. The number of aryl methyl sites for hydroxylation is 1. The molecular weight excluding hydrogens is 468 g/mol. The Hall–Kier alpha value is -4.83. The summed E-state index contributed by atoms with van der Waals surface area (Å²) in [6.45, 7) is 2.20. The maximum Gasteiger partial charge on any atom is 0.147 e. The highest BCUT2D eigenvalue weighted by Gasteiger charge is 2.20. The zero-order chi connectivity index (χ0) is 25.2. The first-order valence-electron chi connectivity index (χ1n) is 13.1. The molecule has 0 aliphatic heterocycles. The van der Waals surface area contributed by atoms with Crippen molar-refractivity contribution >= 4 is 54.9 Å². The topological polar surface area (TPSA) is 44.1 Å². The highest BCUT2D eigenvalue weighted by Crippen LogP contribution is 2.44. The summed E-state index contributed by atoms with van der Waals surface area (Å²) in [5.41, 5.74) is 8.92. The highest BCUT2D eigenvalue weighted by atomic mass is 16.3. The molecule has 4 nitrogen and oxygen atoms in total. The minimum atomic E-state index is 0.852. The number of aromatic nitrogens is 2. The molecule has 0 amide bonds. The molecule has 0 N–H and O–H groups in total. The number of fused-ring (bicyclic) bond motifs is 8. The molecule has 3 heterocycles. The molecule has 0 saturated heterocycles. The lowest BCUT2D eigenvalue weighted by Gasteiger charge is -2.11. The normalized spacial score (nSPS) is 12.0. The summed E-state index contributed by atoms with van der Waals surface area (Å²) >= 11 is 0. The van der Waals surface area contributed by atoms with Crippen LogP contribution >= 0.6 is 0 Å². The second-order valence-corrected chi connectivity index (χ2v) is 9.85. The zero-order valence-corrected chi connectivity index (χ0v) is 20.9. The van der Waals surface area contributed by atoms with Gasteiger partial charge in [0.25, 0.3) is 0 Å². The van der Waals surface area contributed by atoms with E-state index < -0.39 is 0 Å². The van der Waals surface area contributed by atoms with E-state index in [2.05, 4.69) is 84.3 Å². The molecule has 0 unspecified atom stereocenters. The van der Waals surface area contributed by atoms with Gasteiger partial charge in [-0.15, -0.1) is 0 Å². The van der Waals surface area contributed by atoms with E-state index in [1.807, 2.05) is 30.3 Å². The lowest BCUT2D eigenvalue weighted by Crippen LogP contribution is -2.01. The van der Waals surface area contributed by atoms with Gasteiger partial charge in [0, 0.05) is 33.8 Å². The Kier molecular flexibility index (Phi) is 4.53. The predicted molar refractivity (Wildman–Crippen MR) is 155 cm³/mol. The SMILES string of the molecule is CCCc1nc2ccccc2n1-c1ccc(-c2cc3c4ccccc4oc3c3c2oc2ccccc23)cc1. The Morgan fingerprint density at radius 2 is 1.37 bits per heavy atom. The summed E-state index contributed by atoms with van der Waals surface area (Å²) in [4.78, 5) is 4.92. The molecule has 0 spiro atoms. The van der Waals surface area contributed by atoms with Crippen LogP contribution in [0.1, 0.15) is 19.2 Å². The Labute approximate surface area is 218 Å². The van der Waals surface area contributed by atoms with Crippen LogP contribution in [0.5, 0.6) is 0 Å². The van der Waals surface area contributed by atoms with Crippen molar-refractivity contribution in [1.29, 1.82) is 0 Å². The number of nitrogens with zero attached hydrogens (tertiary/aromatic N) is 2. The molecule has 0 saturated carbocycles. The molecule has 182 valence electrons. The maximum absolute atomic E-state index is 6.48. The van der Waals surface area contributed by atoms with Crippen LogP contribution in [0.4, 0.5) is 0 Å². The number of hydrogen-bond acceptors (Lipinski definition) is 3. The average molecular weight is 493 g/mol. The quantitative estimate of drug-likeness (QED) is 0.246. The van der Waals surface area contributed by atoms with Gasteiger partial charge in [-0.2, -0.15) is 0 Å². The van der Waals surface area contributed by atoms with E-state index in [4.69, 9.17) is 13.8 Å². The van der Waals surface area contributed by atoms with Gasteiger partial charge in [0.1, 0.15) is 28.2 Å². The Morgan fingerprint density at radius 1 is 0.684 bits per heavy atom. The molecule has 0 fully saturated rings. The van der Waals surface area contributed by atoms with Crippen LogP contribution in [0.3, 0.4) is 0 Å². The van der Waals surface area contributed by atoms with Gasteiger partial charge >= 0.3 is 0 Å². The highest BCUT2D eigenvalue weighted by molar-refractivity contribution is 6.25. The van der Waals surface area contributed by atoms with Crippen LogP contribution in [0.25, 0.3) is 71.7 Å². The van der Waals surface area contributed by atoms with E-state index in [1.165, 1.54) is 0 Å². The molecule has 3 aromatic heterocycles. The Bertz CT molecular complexity index is 2140. The van der Waals surface area contributed by atoms with Crippen molar-refractivity contribution < 1.29 is 8.83 Å². The fourth-order valence-corrected chi connectivity index (χ4v) is 5.82. The standard InChI is InChI=1S/C34H24N2O2/c1-2-9-31-35-27-12-5-6-13-28(27)36(31)22-18-16-21(17-19-22)25-20-26-23-10-3-7-14-29(23)37-34(26)32-24-11-4-8-15-30(24)38-33(25)32/h3-8,10-20H,2,9H2,1H3. The van der Waals surface area contributed by atoms with Crippen LogP contribution in [0.15, 0.2) is 112 Å². The molecule has 5 aromatic carbocycles. The second-order valence-electron chi connectivity index (χ2n) is 9.85. The second kappa shape index (κ2) is 8.09. The molecule has 4 heteroatoms. The van der Waals surface area contributed by atoms with Gasteiger partial charge in [-0.1, -0.05) is 67.6 Å². The third-order valence-corrected chi connectivity index (χ3v) is 7.53. The first kappa shape index (κ1) is 21.3. The van der Waals surface area contributed by atoms with Crippen LogP contribution in [-0.4, -0.2) is 9.55 Å². The van der Waals surface area contributed by atoms with Crippen LogP contribution in [0, 0.1) is 0 Å². The smallest absolute Gasteiger partial charge is 0.147 e. The van der Waals surface area contributed by atoms with E-state index in [-0.39, 0.29) is 0 Å². The van der Waals surface area contributed by atoms with E-state index in [1.54, 1.807) is 0 Å². The molecule has 0 bridgehead atoms. The van der Waals surface area contributed by atoms with E-state index >= 15 is 0 Å². The van der Waals surface area contributed by atoms with Crippen molar-refractivity contribution in [3.63, 3.8) is 0 Å². The molecule has 8 rings (SSSR count). The summed E-state index contributed by atoms with van der Waals surface area (Å²) in [6, 6.07) is 35.8. The Morgan fingerprint density at radius 3 is 2.18 bits per heavy atom. The van der Waals surface area contributed by atoms with Gasteiger partial charge < -0.3 is 8.83 Å². The third kappa shape index (κ3) is 3.00. The summed E-state index contributed by atoms with van der Waals surface area (Å²) < 4.78 is 15.2. The van der Waals surface area contributed by atoms with E-state index in [0.29, 0.717) is 0 Å². The van der Waals surface area contributed by atoms with E-state index in [9.17, 15) is 0 Å². The number of rotatable bonds is 4. The summed E-state index contributed by atoms with van der Waals surface area (Å²) in [5, 5.41) is 4.31. The van der Waals surface area contributed by atoms with Crippen LogP contribution < -0.4 is 0 Å². The molecule has 0 aliphatic rings. The van der Waals surface area contributed by atoms with E-state index in [0.717, 1.165) is 90.4 Å². The summed E-state index contributed by atoms with van der Waals surface area (Å²) in [5.74, 6) is 1.09. The molecule has 0 aliphatic carbocycles. The minimum Gasteiger partial charge on any atom is -0.455 e. The van der Waals surface area contributed by atoms with Gasteiger partial charge in [-0.3, -0.25) is 4.57 Å². The number of para-hydroxylation sites is 4. The first-order chi connectivity index (χ1) is 18.8. The minimum absolute atomic E-state index is 0.852. The lowest BCUT2D eigenvalue weighted by atomic mass is 9.98.